The summed E-state index contributed by atoms with van der Waals surface area (Å²) in [5.41, 5.74) is 1.09. The van der Waals surface area contributed by atoms with Gasteiger partial charge in [0.15, 0.2) is 5.01 Å². The van der Waals surface area contributed by atoms with Gasteiger partial charge in [0.1, 0.15) is 0 Å². The summed E-state index contributed by atoms with van der Waals surface area (Å²) >= 11 is 0.951. The summed E-state index contributed by atoms with van der Waals surface area (Å²) in [6.45, 7) is 7.63. The van der Waals surface area contributed by atoms with E-state index in [9.17, 15) is 8.78 Å². The Hall–Kier alpha value is -0.970. The van der Waals surface area contributed by atoms with Crippen LogP contribution in [0.2, 0.25) is 0 Å². The van der Waals surface area contributed by atoms with Gasteiger partial charge in [-0.3, -0.25) is 0 Å². The maximum Gasteiger partial charge on any atom is 0.289 e. The van der Waals surface area contributed by atoms with Crippen molar-refractivity contribution in [2.75, 3.05) is 0 Å². The van der Waals surface area contributed by atoms with Crippen LogP contribution in [0.5, 0.6) is 0 Å². The zero-order valence-electron chi connectivity index (χ0n) is 8.05. The topological polar surface area (TPSA) is 24.9 Å². The largest absolute Gasteiger partial charge is 0.382 e. The minimum atomic E-state index is -2.50. The number of nitrogens with zero attached hydrogens (tertiary/aromatic N) is 1. The average Bonchev–Trinajstić information content (AvgIpc) is 2.50. The molecule has 78 valence electrons. The van der Waals surface area contributed by atoms with Crippen LogP contribution in [-0.4, -0.2) is 11.0 Å². The van der Waals surface area contributed by atoms with Gasteiger partial charge in [-0.2, -0.15) is 0 Å². The van der Waals surface area contributed by atoms with Crippen molar-refractivity contribution in [1.82, 2.24) is 10.3 Å². The molecule has 1 aromatic rings. The number of hydrogen-bond donors (Lipinski definition) is 1. The highest BCUT2D eigenvalue weighted by molar-refractivity contribution is 7.09. The van der Waals surface area contributed by atoms with Crippen LogP contribution < -0.4 is 5.32 Å². The molecule has 1 N–H and O–H groups in total. The highest BCUT2D eigenvalue weighted by Gasteiger charge is 2.13. The van der Waals surface area contributed by atoms with E-state index in [0.717, 1.165) is 11.3 Å². The Bertz CT molecular complexity index is 320. The fraction of sp³-hybridized carbons (Fsp3) is 0.444. The predicted octanol–water partition coefficient (Wildman–Crippen LogP) is 3.05. The first-order valence-electron chi connectivity index (χ1n) is 4.20. The van der Waals surface area contributed by atoms with Gasteiger partial charge in [0.25, 0.3) is 6.43 Å². The van der Waals surface area contributed by atoms with Crippen LogP contribution in [0, 0.1) is 0 Å². The molecule has 1 aromatic heterocycles. The molecule has 0 aliphatic carbocycles. The number of rotatable bonds is 4. The molecule has 0 radical (unpaired) electrons. The first-order chi connectivity index (χ1) is 6.50. The number of aromatic nitrogens is 1. The van der Waals surface area contributed by atoms with E-state index in [2.05, 4.69) is 16.9 Å². The van der Waals surface area contributed by atoms with Crippen LogP contribution in [0.1, 0.15) is 31.0 Å². The second kappa shape index (κ2) is 4.50. The van der Waals surface area contributed by atoms with Crippen molar-refractivity contribution in [3.63, 3.8) is 0 Å². The lowest BCUT2D eigenvalue weighted by Gasteiger charge is -2.10. The molecule has 0 saturated heterocycles. The molecule has 0 aromatic carbocycles. The lowest BCUT2D eigenvalue weighted by molar-refractivity contribution is 0.151. The minimum Gasteiger partial charge on any atom is -0.382 e. The Morgan fingerprint density at radius 2 is 2.21 bits per heavy atom. The molecule has 0 aliphatic rings. The number of hydrogen-bond acceptors (Lipinski definition) is 3. The van der Waals surface area contributed by atoms with Gasteiger partial charge in [-0.15, -0.1) is 11.3 Å². The van der Waals surface area contributed by atoms with Crippen LogP contribution in [0.4, 0.5) is 8.78 Å². The summed E-state index contributed by atoms with van der Waals surface area (Å²) in [5.74, 6) is 0. The molecule has 0 spiro atoms. The number of alkyl halides is 2. The van der Waals surface area contributed by atoms with Crippen molar-refractivity contribution in [2.24, 2.45) is 0 Å². The van der Waals surface area contributed by atoms with Gasteiger partial charge in [0, 0.05) is 11.4 Å². The highest BCUT2D eigenvalue weighted by atomic mass is 32.1. The van der Waals surface area contributed by atoms with Gasteiger partial charge in [-0.25, -0.2) is 13.8 Å². The maximum atomic E-state index is 12.2. The maximum absolute atomic E-state index is 12.2. The van der Waals surface area contributed by atoms with Crippen molar-refractivity contribution < 1.29 is 8.78 Å². The molecular weight excluding hydrogens is 206 g/mol. The van der Waals surface area contributed by atoms with Crippen LogP contribution in [-0.2, 0) is 0 Å². The van der Waals surface area contributed by atoms with Crippen molar-refractivity contribution in [2.45, 2.75) is 26.3 Å². The molecule has 1 rings (SSSR count). The monoisotopic (exact) mass is 218 g/mol. The Balaban J connectivity index is 2.71. The molecule has 2 nitrogen and oxygen atoms in total. The Morgan fingerprint density at radius 1 is 1.57 bits per heavy atom. The lowest BCUT2D eigenvalue weighted by Crippen LogP contribution is -2.20. The van der Waals surface area contributed by atoms with Crippen molar-refractivity contribution in [1.29, 1.82) is 0 Å². The van der Waals surface area contributed by atoms with Crippen molar-refractivity contribution in [3.8, 4) is 0 Å². The summed E-state index contributed by atoms with van der Waals surface area (Å²) < 4.78 is 24.4. The van der Waals surface area contributed by atoms with Crippen molar-refractivity contribution in [3.05, 3.63) is 22.7 Å². The van der Waals surface area contributed by atoms with E-state index >= 15 is 0 Å². The minimum absolute atomic E-state index is 0.160. The lowest BCUT2D eigenvalue weighted by atomic mass is 10.3. The number of thiazole rings is 1. The van der Waals surface area contributed by atoms with E-state index in [1.54, 1.807) is 5.38 Å². The molecular formula is C9H12F2N2S. The fourth-order valence-corrected chi connectivity index (χ4v) is 1.63. The average molecular weight is 218 g/mol. The third-order valence-corrected chi connectivity index (χ3v) is 2.33. The van der Waals surface area contributed by atoms with Gasteiger partial charge in [-0.1, -0.05) is 6.58 Å². The third-order valence-electron chi connectivity index (χ3n) is 1.48. The summed E-state index contributed by atoms with van der Waals surface area (Å²) in [4.78, 5) is 3.77. The molecule has 14 heavy (non-hydrogen) atoms. The molecule has 0 unspecified atom stereocenters. The number of nitrogens with one attached hydrogen (secondary N) is 1. The summed E-state index contributed by atoms with van der Waals surface area (Å²) in [6.07, 6.45) is -2.50. The van der Waals surface area contributed by atoms with E-state index in [-0.39, 0.29) is 11.0 Å². The highest BCUT2D eigenvalue weighted by Crippen LogP contribution is 2.24. The molecule has 0 atom stereocenters. The molecule has 1 heterocycles. The van der Waals surface area contributed by atoms with Gasteiger partial charge in [0.2, 0.25) is 0 Å². The van der Waals surface area contributed by atoms with E-state index in [4.69, 9.17) is 0 Å². The normalized spacial score (nSPS) is 11.0. The second-order valence-electron chi connectivity index (χ2n) is 3.15. The van der Waals surface area contributed by atoms with E-state index in [1.807, 2.05) is 13.8 Å². The van der Waals surface area contributed by atoms with Crippen LogP contribution in [0.25, 0.3) is 5.70 Å². The smallest absolute Gasteiger partial charge is 0.289 e. The van der Waals surface area contributed by atoms with Crippen LogP contribution >= 0.6 is 11.3 Å². The molecule has 0 bridgehead atoms. The molecule has 5 heteroatoms. The van der Waals surface area contributed by atoms with Gasteiger partial charge in [-0.05, 0) is 13.8 Å². The predicted molar refractivity (Wildman–Crippen MR) is 54.4 cm³/mol. The first kappa shape index (κ1) is 11.1. The van der Waals surface area contributed by atoms with Gasteiger partial charge < -0.3 is 5.32 Å². The van der Waals surface area contributed by atoms with Crippen molar-refractivity contribution >= 4 is 17.0 Å². The van der Waals surface area contributed by atoms with E-state index in [1.165, 1.54) is 0 Å². The zero-order chi connectivity index (χ0) is 10.7. The van der Waals surface area contributed by atoms with E-state index < -0.39 is 6.43 Å². The quantitative estimate of drug-likeness (QED) is 0.840. The molecule has 0 aliphatic heterocycles. The third kappa shape index (κ3) is 2.77. The van der Waals surface area contributed by atoms with Gasteiger partial charge in [0.05, 0.1) is 11.4 Å². The van der Waals surface area contributed by atoms with Gasteiger partial charge >= 0.3 is 0 Å². The summed E-state index contributed by atoms with van der Waals surface area (Å²) in [6, 6.07) is 0.221. The fourth-order valence-electron chi connectivity index (χ4n) is 0.949. The Labute approximate surface area is 85.7 Å². The molecule has 0 fully saturated rings. The Morgan fingerprint density at radius 3 is 2.64 bits per heavy atom. The van der Waals surface area contributed by atoms with Crippen LogP contribution in [0.3, 0.4) is 0 Å². The standard InChI is InChI=1S/C9H12F2N2S/c1-5(2)12-6(3)7-4-14-9(13-7)8(10)11/h4-5,8,12H,3H2,1-2H3. The van der Waals surface area contributed by atoms with Crippen LogP contribution in [0.15, 0.2) is 12.0 Å². The second-order valence-corrected chi connectivity index (χ2v) is 4.04. The summed E-state index contributed by atoms with van der Waals surface area (Å²) in [5, 5.41) is 4.44. The SMILES string of the molecule is C=C(NC(C)C)c1csc(C(F)F)n1. The summed E-state index contributed by atoms with van der Waals surface area (Å²) in [7, 11) is 0. The zero-order valence-corrected chi connectivity index (χ0v) is 8.87. The first-order valence-corrected chi connectivity index (χ1v) is 5.08. The molecule has 0 amide bonds. The number of halogens is 2. The molecule has 0 saturated carbocycles. The Kier molecular flexibility index (Phi) is 3.57. The van der Waals surface area contributed by atoms with E-state index in [0.29, 0.717) is 11.4 Å².